The molecule has 0 aliphatic heterocycles. The highest BCUT2D eigenvalue weighted by Crippen LogP contribution is 2.25. The number of esters is 1. The monoisotopic (exact) mass is 355 g/mol. The van der Waals surface area contributed by atoms with E-state index in [1.54, 1.807) is 38.5 Å². The Morgan fingerprint density at radius 2 is 2.00 bits per heavy atom. The van der Waals surface area contributed by atoms with Gasteiger partial charge in [-0.3, -0.25) is 0 Å². The Morgan fingerprint density at radius 1 is 1.16 bits per heavy atom. The summed E-state index contributed by atoms with van der Waals surface area (Å²) in [5.74, 6) is 0.879. The van der Waals surface area contributed by atoms with E-state index in [1.165, 1.54) is 17.4 Å². The van der Waals surface area contributed by atoms with Gasteiger partial charge >= 0.3 is 5.97 Å². The van der Waals surface area contributed by atoms with Crippen LogP contribution in [0.1, 0.15) is 10.6 Å². The molecule has 0 radical (unpaired) electrons. The number of benzene rings is 2. The van der Waals surface area contributed by atoms with Crippen LogP contribution < -0.4 is 9.47 Å². The van der Waals surface area contributed by atoms with Crippen LogP contribution in [0.4, 0.5) is 0 Å². The Labute approximate surface area is 149 Å². The molecule has 0 N–H and O–H groups in total. The average molecular weight is 355 g/mol. The van der Waals surface area contributed by atoms with Gasteiger partial charge in [0.1, 0.15) is 23.1 Å². The summed E-state index contributed by atoms with van der Waals surface area (Å²) in [6.07, 6.45) is 3.04. The number of hydrogen-bond acceptors (Lipinski definition) is 6. The largest absolute Gasteiger partial charge is 0.497 e. The molecule has 3 aromatic rings. The first-order valence-corrected chi connectivity index (χ1v) is 8.42. The highest BCUT2D eigenvalue weighted by atomic mass is 32.1. The SMILES string of the molecule is COc1ccc(OC)c(COC(=O)/C=C/c2nc3ccccc3s2)c1. The van der Waals surface area contributed by atoms with Crippen molar-refractivity contribution in [3.63, 3.8) is 0 Å². The van der Waals surface area contributed by atoms with Crippen LogP contribution in [0, 0.1) is 0 Å². The van der Waals surface area contributed by atoms with Crippen molar-refractivity contribution in [3.8, 4) is 11.5 Å². The summed E-state index contributed by atoms with van der Waals surface area (Å²) in [5, 5.41) is 0.761. The van der Waals surface area contributed by atoms with E-state index in [-0.39, 0.29) is 6.61 Å². The highest BCUT2D eigenvalue weighted by Gasteiger charge is 2.08. The Morgan fingerprint density at radius 3 is 2.76 bits per heavy atom. The van der Waals surface area contributed by atoms with Crippen LogP contribution in [-0.2, 0) is 16.1 Å². The third-order valence-electron chi connectivity index (χ3n) is 3.53. The summed E-state index contributed by atoms with van der Waals surface area (Å²) >= 11 is 1.52. The van der Waals surface area contributed by atoms with Gasteiger partial charge in [0, 0.05) is 11.6 Å². The standard InChI is InChI=1S/C19H17NO4S/c1-22-14-7-8-16(23-2)13(11-14)12-24-19(21)10-9-18-20-15-5-3-4-6-17(15)25-18/h3-11H,12H2,1-2H3/b10-9+. The number of thiazole rings is 1. The van der Waals surface area contributed by atoms with Crippen molar-refractivity contribution in [3.05, 3.63) is 59.1 Å². The lowest BCUT2D eigenvalue weighted by Crippen LogP contribution is -2.02. The van der Waals surface area contributed by atoms with E-state index in [1.807, 2.05) is 24.3 Å². The van der Waals surface area contributed by atoms with Crippen molar-refractivity contribution in [2.45, 2.75) is 6.61 Å². The number of para-hydroxylation sites is 1. The van der Waals surface area contributed by atoms with Crippen molar-refractivity contribution >= 4 is 33.6 Å². The predicted octanol–water partition coefficient (Wildman–Crippen LogP) is 4.07. The van der Waals surface area contributed by atoms with E-state index in [2.05, 4.69) is 4.98 Å². The van der Waals surface area contributed by atoms with Crippen LogP contribution in [0.15, 0.2) is 48.5 Å². The maximum Gasteiger partial charge on any atom is 0.331 e. The molecule has 0 saturated heterocycles. The van der Waals surface area contributed by atoms with E-state index in [0.29, 0.717) is 11.5 Å². The summed E-state index contributed by atoms with van der Waals surface area (Å²) in [7, 11) is 3.15. The minimum Gasteiger partial charge on any atom is -0.497 e. The quantitative estimate of drug-likeness (QED) is 0.493. The fourth-order valence-corrected chi connectivity index (χ4v) is 3.16. The van der Waals surface area contributed by atoms with Crippen molar-refractivity contribution in [1.82, 2.24) is 4.98 Å². The third-order valence-corrected chi connectivity index (χ3v) is 4.53. The summed E-state index contributed by atoms with van der Waals surface area (Å²) in [5.41, 5.74) is 1.66. The molecule has 25 heavy (non-hydrogen) atoms. The first-order valence-electron chi connectivity index (χ1n) is 7.61. The zero-order valence-corrected chi connectivity index (χ0v) is 14.7. The second-order valence-electron chi connectivity index (χ2n) is 5.14. The molecule has 1 aromatic heterocycles. The van der Waals surface area contributed by atoms with Crippen molar-refractivity contribution in [2.24, 2.45) is 0 Å². The Balaban J connectivity index is 1.64. The third kappa shape index (κ3) is 4.16. The van der Waals surface area contributed by atoms with Crippen molar-refractivity contribution in [1.29, 1.82) is 0 Å². The van der Waals surface area contributed by atoms with E-state index in [9.17, 15) is 4.79 Å². The smallest absolute Gasteiger partial charge is 0.331 e. The summed E-state index contributed by atoms with van der Waals surface area (Å²) in [4.78, 5) is 16.4. The summed E-state index contributed by atoms with van der Waals surface area (Å²) in [6.45, 7) is 0.101. The number of carbonyl (C=O) groups is 1. The molecule has 0 aliphatic rings. The molecule has 0 atom stereocenters. The summed E-state index contributed by atoms with van der Waals surface area (Å²) < 4.78 is 16.8. The van der Waals surface area contributed by atoms with Gasteiger partial charge in [-0.25, -0.2) is 9.78 Å². The van der Waals surface area contributed by atoms with E-state index >= 15 is 0 Å². The molecular formula is C19H17NO4S. The lowest BCUT2D eigenvalue weighted by atomic mass is 10.2. The molecule has 0 spiro atoms. The van der Waals surface area contributed by atoms with E-state index in [0.717, 1.165) is 20.8 Å². The Hall–Kier alpha value is -2.86. The van der Waals surface area contributed by atoms with Crippen LogP contribution in [0.5, 0.6) is 11.5 Å². The first-order chi connectivity index (χ1) is 12.2. The average Bonchev–Trinajstić information content (AvgIpc) is 3.07. The second-order valence-corrected chi connectivity index (χ2v) is 6.20. The summed E-state index contributed by atoms with van der Waals surface area (Å²) in [6, 6.07) is 13.2. The number of nitrogens with zero attached hydrogens (tertiary/aromatic N) is 1. The van der Waals surface area contributed by atoms with Crippen LogP contribution >= 0.6 is 11.3 Å². The topological polar surface area (TPSA) is 57.7 Å². The molecular weight excluding hydrogens is 338 g/mol. The van der Waals surface area contributed by atoms with E-state index in [4.69, 9.17) is 14.2 Å². The van der Waals surface area contributed by atoms with Gasteiger partial charge in [0.15, 0.2) is 0 Å². The molecule has 5 nitrogen and oxygen atoms in total. The zero-order chi connectivity index (χ0) is 17.6. The predicted molar refractivity (Wildman–Crippen MR) is 98.0 cm³/mol. The van der Waals surface area contributed by atoms with Gasteiger partial charge in [0.05, 0.1) is 24.4 Å². The van der Waals surface area contributed by atoms with Gasteiger partial charge in [0.2, 0.25) is 0 Å². The molecule has 0 bridgehead atoms. The normalized spacial score (nSPS) is 11.0. The molecule has 2 aromatic carbocycles. The molecule has 1 heterocycles. The lowest BCUT2D eigenvalue weighted by Gasteiger charge is -2.10. The number of fused-ring (bicyclic) bond motifs is 1. The molecule has 3 rings (SSSR count). The fraction of sp³-hybridized carbons (Fsp3) is 0.158. The lowest BCUT2D eigenvalue weighted by molar-refractivity contribution is -0.138. The maximum absolute atomic E-state index is 12.0. The van der Waals surface area contributed by atoms with Gasteiger partial charge in [-0.05, 0) is 36.4 Å². The van der Waals surface area contributed by atoms with Crippen LogP contribution in [-0.4, -0.2) is 25.2 Å². The van der Waals surface area contributed by atoms with Crippen molar-refractivity contribution < 1.29 is 19.0 Å². The number of ether oxygens (including phenoxy) is 3. The van der Waals surface area contributed by atoms with Gasteiger partial charge < -0.3 is 14.2 Å². The van der Waals surface area contributed by atoms with Crippen LogP contribution in [0.25, 0.3) is 16.3 Å². The van der Waals surface area contributed by atoms with Crippen LogP contribution in [0.2, 0.25) is 0 Å². The van der Waals surface area contributed by atoms with Gasteiger partial charge in [-0.1, -0.05) is 12.1 Å². The molecule has 0 amide bonds. The molecule has 0 fully saturated rings. The van der Waals surface area contributed by atoms with Crippen molar-refractivity contribution in [2.75, 3.05) is 14.2 Å². The van der Waals surface area contributed by atoms with Gasteiger partial charge in [0.25, 0.3) is 0 Å². The second kappa shape index (κ2) is 7.81. The number of rotatable bonds is 6. The highest BCUT2D eigenvalue weighted by molar-refractivity contribution is 7.19. The van der Waals surface area contributed by atoms with Crippen LogP contribution in [0.3, 0.4) is 0 Å². The first kappa shape index (κ1) is 17.0. The molecule has 6 heteroatoms. The number of aromatic nitrogens is 1. The molecule has 0 aliphatic carbocycles. The van der Waals surface area contributed by atoms with Gasteiger partial charge in [-0.2, -0.15) is 0 Å². The molecule has 0 unspecified atom stereocenters. The molecule has 0 saturated carbocycles. The Bertz CT molecular complexity index is 884. The maximum atomic E-state index is 12.0. The van der Waals surface area contributed by atoms with Gasteiger partial charge in [-0.15, -0.1) is 11.3 Å². The fourth-order valence-electron chi connectivity index (χ4n) is 2.29. The minimum atomic E-state index is -0.441. The minimum absolute atomic E-state index is 0.101. The van der Waals surface area contributed by atoms with E-state index < -0.39 is 5.97 Å². The number of carbonyl (C=O) groups excluding carboxylic acids is 1. The number of hydrogen-bond donors (Lipinski definition) is 0. The number of methoxy groups -OCH3 is 2. The Kier molecular flexibility index (Phi) is 5.30. The zero-order valence-electron chi connectivity index (χ0n) is 13.9. The molecule has 128 valence electrons.